The van der Waals surface area contributed by atoms with Gasteiger partial charge in [-0.05, 0) is 49.9 Å². The normalized spacial score (nSPS) is 29.0. The van der Waals surface area contributed by atoms with Gasteiger partial charge in [-0.25, -0.2) is 0 Å². The van der Waals surface area contributed by atoms with Crippen LogP contribution in [0.1, 0.15) is 43.0 Å². The Hall–Kier alpha value is -1.88. The van der Waals surface area contributed by atoms with Gasteiger partial charge >= 0.3 is 0 Å². The molecule has 1 aromatic carbocycles. The number of carbonyl (C=O) groups excluding carboxylic acids is 2. The van der Waals surface area contributed by atoms with Crippen molar-refractivity contribution in [2.45, 2.75) is 38.6 Å². The van der Waals surface area contributed by atoms with Gasteiger partial charge in [-0.3, -0.25) is 14.5 Å². The maximum absolute atomic E-state index is 12.9. The lowest BCUT2D eigenvalue weighted by Crippen LogP contribution is -2.56. The molecule has 0 radical (unpaired) electrons. The summed E-state index contributed by atoms with van der Waals surface area (Å²) >= 11 is 0. The van der Waals surface area contributed by atoms with E-state index < -0.39 is 0 Å². The zero-order valence-electron chi connectivity index (χ0n) is 14.9. The second kappa shape index (κ2) is 6.79. The van der Waals surface area contributed by atoms with Gasteiger partial charge in [0.05, 0.1) is 0 Å². The summed E-state index contributed by atoms with van der Waals surface area (Å²) in [7, 11) is 0. The summed E-state index contributed by atoms with van der Waals surface area (Å²) < 4.78 is 0. The van der Waals surface area contributed by atoms with Gasteiger partial charge in [-0.2, -0.15) is 0 Å². The maximum Gasteiger partial charge on any atom is 0.254 e. The fourth-order valence-electron chi connectivity index (χ4n) is 4.18. The Morgan fingerprint density at radius 1 is 1.16 bits per heavy atom. The highest BCUT2D eigenvalue weighted by Gasteiger charge is 2.39. The predicted molar refractivity (Wildman–Crippen MR) is 97.5 cm³/mol. The molecule has 2 amide bonds. The molecule has 5 heteroatoms. The zero-order chi connectivity index (χ0) is 17.4. The van der Waals surface area contributed by atoms with Crippen molar-refractivity contribution in [2.24, 2.45) is 11.8 Å². The molecule has 3 fully saturated rings. The van der Waals surface area contributed by atoms with Crippen LogP contribution in [0.3, 0.4) is 0 Å². The van der Waals surface area contributed by atoms with Crippen LogP contribution in [0.5, 0.6) is 0 Å². The van der Waals surface area contributed by atoms with Gasteiger partial charge in [0.1, 0.15) is 0 Å². The number of carbonyl (C=O) groups is 2. The molecule has 2 saturated heterocycles. The highest BCUT2D eigenvalue weighted by atomic mass is 16.2. The number of piperazine rings is 1. The standard InChI is InChI=1S/C20H27N3O2/c1-14-11-18(14)19(24)21-16-6-4-5-15(12-16)20(25)23-10-9-22-8-3-2-7-17(22)13-23/h4-6,12,14,17-18H,2-3,7-11,13H2,1H3,(H,21,24). The minimum Gasteiger partial charge on any atom is -0.336 e. The van der Waals surface area contributed by atoms with Crippen molar-refractivity contribution in [1.29, 1.82) is 0 Å². The summed E-state index contributed by atoms with van der Waals surface area (Å²) in [5.74, 6) is 0.782. The zero-order valence-corrected chi connectivity index (χ0v) is 14.9. The van der Waals surface area contributed by atoms with Crippen LogP contribution in [0.25, 0.3) is 0 Å². The van der Waals surface area contributed by atoms with Crippen LogP contribution in [-0.4, -0.2) is 53.8 Å². The van der Waals surface area contributed by atoms with E-state index in [-0.39, 0.29) is 17.7 Å². The number of hydrogen-bond donors (Lipinski definition) is 1. The minimum atomic E-state index is 0.0768. The maximum atomic E-state index is 12.9. The van der Waals surface area contributed by atoms with Crippen molar-refractivity contribution in [1.82, 2.24) is 9.80 Å². The molecular formula is C20H27N3O2. The van der Waals surface area contributed by atoms with E-state index in [1.165, 1.54) is 25.8 Å². The minimum absolute atomic E-state index is 0.0768. The van der Waals surface area contributed by atoms with Gasteiger partial charge in [-0.1, -0.05) is 19.4 Å². The van der Waals surface area contributed by atoms with Crippen LogP contribution in [-0.2, 0) is 4.79 Å². The van der Waals surface area contributed by atoms with E-state index in [0.717, 1.165) is 31.7 Å². The van der Waals surface area contributed by atoms with Gasteiger partial charge in [0.2, 0.25) is 5.91 Å². The summed E-state index contributed by atoms with van der Waals surface area (Å²) in [5.41, 5.74) is 1.40. The van der Waals surface area contributed by atoms with Crippen molar-refractivity contribution in [2.75, 3.05) is 31.5 Å². The van der Waals surface area contributed by atoms with Crippen molar-refractivity contribution >= 4 is 17.5 Å². The molecule has 2 heterocycles. The van der Waals surface area contributed by atoms with E-state index in [1.54, 1.807) is 0 Å². The van der Waals surface area contributed by atoms with E-state index in [9.17, 15) is 9.59 Å². The first-order valence-corrected chi connectivity index (χ1v) is 9.56. The molecule has 0 spiro atoms. The molecular weight excluding hydrogens is 314 g/mol. The molecule has 5 nitrogen and oxygen atoms in total. The van der Waals surface area contributed by atoms with Gasteiger partial charge in [0.25, 0.3) is 5.91 Å². The SMILES string of the molecule is CC1CC1C(=O)Nc1cccc(C(=O)N2CCN3CCCCC3C2)c1. The van der Waals surface area contributed by atoms with Gasteiger partial charge < -0.3 is 10.2 Å². The molecule has 134 valence electrons. The fraction of sp³-hybridized carbons (Fsp3) is 0.600. The molecule has 1 aliphatic carbocycles. The monoisotopic (exact) mass is 341 g/mol. The number of fused-ring (bicyclic) bond motifs is 1. The number of hydrogen-bond acceptors (Lipinski definition) is 3. The molecule has 3 atom stereocenters. The molecule has 1 aromatic rings. The van der Waals surface area contributed by atoms with Crippen molar-refractivity contribution in [3.05, 3.63) is 29.8 Å². The van der Waals surface area contributed by atoms with Gasteiger partial charge in [0.15, 0.2) is 0 Å². The van der Waals surface area contributed by atoms with Crippen LogP contribution in [0.2, 0.25) is 0 Å². The quantitative estimate of drug-likeness (QED) is 0.919. The number of anilines is 1. The second-order valence-electron chi connectivity index (χ2n) is 7.83. The van der Waals surface area contributed by atoms with E-state index in [1.807, 2.05) is 29.2 Å². The Bertz CT molecular complexity index is 675. The Morgan fingerprint density at radius 3 is 2.80 bits per heavy atom. The molecule has 1 N–H and O–H groups in total. The number of nitrogens with one attached hydrogen (secondary N) is 1. The van der Waals surface area contributed by atoms with Crippen LogP contribution in [0.4, 0.5) is 5.69 Å². The number of nitrogens with zero attached hydrogens (tertiary/aromatic N) is 2. The molecule has 4 rings (SSSR count). The van der Waals surface area contributed by atoms with Crippen molar-refractivity contribution < 1.29 is 9.59 Å². The number of amides is 2. The molecule has 2 aliphatic heterocycles. The first-order valence-electron chi connectivity index (χ1n) is 9.56. The van der Waals surface area contributed by atoms with Gasteiger partial charge in [-0.15, -0.1) is 0 Å². The van der Waals surface area contributed by atoms with Crippen LogP contribution in [0.15, 0.2) is 24.3 Å². The van der Waals surface area contributed by atoms with Crippen LogP contribution >= 0.6 is 0 Å². The molecule has 25 heavy (non-hydrogen) atoms. The Labute approximate surface area is 149 Å². The summed E-state index contributed by atoms with van der Waals surface area (Å²) in [4.78, 5) is 29.5. The molecule has 0 aromatic heterocycles. The third-order valence-electron chi connectivity index (χ3n) is 5.95. The molecule has 1 saturated carbocycles. The average Bonchev–Trinajstić information content (AvgIpc) is 3.38. The fourth-order valence-corrected chi connectivity index (χ4v) is 4.18. The van der Waals surface area contributed by atoms with E-state index in [0.29, 0.717) is 17.5 Å². The van der Waals surface area contributed by atoms with Crippen LogP contribution in [0, 0.1) is 11.8 Å². The Morgan fingerprint density at radius 2 is 2.00 bits per heavy atom. The Balaban J connectivity index is 1.41. The topological polar surface area (TPSA) is 52.7 Å². The predicted octanol–water partition coefficient (Wildman–Crippen LogP) is 2.59. The second-order valence-corrected chi connectivity index (χ2v) is 7.83. The largest absolute Gasteiger partial charge is 0.336 e. The highest BCUT2D eigenvalue weighted by Crippen LogP contribution is 2.38. The van der Waals surface area contributed by atoms with Crippen molar-refractivity contribution in [3.8, 4) is 0 Å². The lowest BCUT2D eigenvalue weighted by Gasteiger charge is -2.44. The Kier molecular flexibility index (Phi) is 4.50. The summed E-state index contributed by atoms with van der Waals surface area (Å²) in [6.07, 6.45) is 4.71. The first kappa shape index (κ1) is 16.6. The lowest BCUT2D eigenvalue weighted by atomic mass is 9.99. The van der Waals surface area contributed by atoms with Crippen LogP contribution < -0.4 is 5.32 Å². The smallest absolute Gasteiger partial charge is 0.254 e. The number of piperidine rings is 1. The lowest BCUT2D eigenvalue weighted by molar-refractivity contribution is -0.117. The number of benzene rings is 1. The highest BCUT2D eigenvalue weighted by molar-refractivity contribution is 5.98. The summed E-state index contributed by atoms with van der Waals surface area (Å²) in [5, 5.41) is 2.96. The summed E-state index contributed by atoms with van der Waals surface area (Å²) in [6, 6.07) is 7.91. The molecule has 3 aliphatic rings. The van der Waals surface area contributed by atoms with Crippen molar-refractivity contribution in [3.63, 3.8) is 0 Å². The summed E-state index contributed by atoms with van der Waals surface area (Å²) in [6.45, 7) is 5.87. The third kappa shape index (κ3) is 3.56. The first-order chi connectivity index (χ1) is 12.1. The van der Waals surface area contributed by atoms with E-state index in [2.05, 4.69) is 17.1 Å². The number of rotatable bonds is 3. The molecule has 0 bridgehead atoms. The van der Waals surface area contributed by atoms with Gasteiger partial charge in [0, 0.05) is 42.8 Å². The average molecular weight is 341 g/mol. The third-order valence-corrected chi connectivity index (χ3v) is 5.95. The molecule has 3 unspecified atom stereocenters. The van der Waals surface area contributed by atoms with E-state index in [4.69, 9.17) is 0 Å². The van der Waals surface area contributed by atoms with E-state index >= 15 is 0 Å².